The molecule has 0 spiro atoms. The first kappa shape index (κ1) is 27.6. The predicted molar refractivity (Wildman–Crippen MR) is 142 cm³/mol. The molecule has 12 heteroatoms. The molecule has 1 aliphatic heterocycles. The smallest absolute Gasteiger partial charge is 0.407 e. The lowest BCUT2D eigenvalue weighted by atomic mass is 10.2. The Morgan fingerprint density at radius 3 is 2.35 bits per heavy atom. The van der Waals surface area contributed by atoms with Crippen LogP contribution in [0, 0.1) is 0 Å². The van der Waals surface area contributed by atoms with Crippen molar-refractivity contribution >= 4 is 47.1 Å². The lowest BCUT2D eigenvalue weighted by Crippen LogP contribution is -2.49. The molecular formula is C25H31ClN6O5. The third kappa shape index (κ3) is 6.82. The molecule has 0 unspecified atom stereocenters. The van der Waals surface area contributed by atoms with E-state index in [1.54, 1.807) is 31.3 Å². The summed E-state index contributed by atoms with van der Waals surface area (Å²) >= 11 is 0. The molecule has 1 fully saturated rings. The van der Waals surface area contributed by atoms with Crippen LogP contribution in [0.1, 0.15) is 12.0 Å². The Morgan fingerprint density at radius 1 is 1.00 bits per heavy atom. The summed E-state index contributed by atoms with van der Waals surface area (Å²) in [7, 11) is 3.12. The van der Waals surface area contributed by atoms with Crippen LogP contribution in [0.4, 0.5) is 16.6 Å². The van der Waals surface area contributed by atoms with Crippen molar-refractivity contribution in [2.75, 3.05) is 57.6 Å². The van der Waals surface area contributed by atoms with Gasteiger partial charge in [-0.1, -0.05) is 30.3 Å². The van der Waals surface area contributed by atoms with Crippen molar-refractivity contribution in [3.05, 3.63) is 48.0 Å². The number of aromatic nitrogens is 2. The van der Waals surface area contributed by atoms with Crippen molar-refractivity contribution < 1.29 is 23.8 Å². The number of carbonyl (C=O) groups excluding carboxylic acids is 2. The molecule has 2 aromatic carbocycles. The third-order valence-corrected chi connectivity index (χ3v) is 5.95. The lowest BCUT2D eigenvalue weighted by Gasteiger charge is -2.35. The van der Waals surface area contributed by atoms with Crippen molar-refractivity contribution in [3.63, 3.8) is 0 Å². The molecule has 198 valence electrons. The highest BCUT2D eigenvalue weighted by atomic mass is 35.5. The van der Waals surface area contributed by atoms with Crippen molar-refractivity contribution in [2.24, 2.45) is 0 Å². The number of piperazine rings is 1. The van der Waals surface area contributed by atoms with Gasteiger partial charge in [-0.25, -0.2) is 9.78 Å². The van der Waals surface area contributed by atoms with Gasteiger partial charge in [0.1, 0.15) is 12.4 Å². The van der Waals surface area contributed by atoms with Crippen LogP contribution in [0.5, 0.6) is 11.5 Å². The van der Waals surface area contributed by atoms with Crippen molar-refractivity contribution in [3.8, 4) is 11.5 Å². The number of hydrogen-bond donors (Lipinski definition) is 2. The second-order valence-electron chi connectivity index (χ2n) is 8.24. The number of halogens is 1. The molecule has 2 amide bonds. The van der Waals surface area contributed by atoms with Gasteiger partial charge in [0.15, 0.2) is 11.5 Å². The van der Waals surface area contributed by atoms with Crippen molar-refractivity contribution in [1.29, 1.82) is 0 Å². The maximum atomic E-state index is 12.6. The van der Waals surface area contributed by atoms with E-state index in [4.69, 9.17) is 19.9 Å². The van der Waals surface area contributed by atoms with Crippen LogP contribution >= 0.6 is 12.4 Å². The Morgan fingerprint density at radius 2 is 1.68 bits per heavy atom. The molecule has 0 saturated carbocycles. The number of nitrogens with two attached hydrogens (primary N) is 1. The summed E-state index contributed by atoms with van der Waals surface area (Å²) in [5.74, 6) is 1.93. The van der Waals surface area contributed by atoms with Crippen LogP contribution < -0.4 is 25.4 Å². The Kier molecular flexibility index (Phi) is 9.56. The number of methoxy groups -OCH3 is 2. The third-order valence-electron chi connectivity index (χ3n) is 5.95. The van der Waals surface area contributed by atoms with Gasteiger partial charge in [0.2, 0.25) is 11.9 Å². The molecule has 0 aliphatic carbocycles. The molecule has 1 saturated heterocycles. The van der Waals surface area contributed by atoms with Crippen LogP contribution in [-0.4, -0.2) is 73.8 Å². The van der Waals surface area contributed by atoms with E-state index in [1.807, 2.05) is 35.2 Å². The van der Waals surface area contributed by atoms with Gasteiger partial charge in [0.25, 0.3) is 0 Å². The summed E-state index contributed by atoms with van der Waals surface area (Å²) in [5.41, 5.74) is 7.76. The summed E-state index contributed by atoms with van der Waals surface area (Å²) in [6, 6.07) is 12.9. The number of benzene rings is 2. The van der Waals surface area contributed by atoms with Crippen LogP contribution in [0.3, 0.4) is 0 Å². The number of nitrogens with zero attached hydrogens (tertiary/aromatic N) is 4. The van der Waals surface area contributed by atoms with Crippen LogP contribution in [0.2, 0.25) is 0 Å². The van der Waals surface area contributed by atoms with Crippen molar-refractivity contribution in [2.45, 2.75) is 13.0 Å². The Bertz CT molecular complexity index is 1220. The summed E-state index contributed by atoms with van der Waals surface area (Å²) < 4.78 is 15.9. The first-order valence-electron chi connectivity index (χ1n) is 11.6. The van der Waals surface area contributed by atoms with E-state index in [1.165, 1.54) is 0 Å². The van der Waals surface area contributed by atoms with Gasteiger partial charge in [-0.2, -0.15) is 4.98 Å². The van der Waals surface area contributed by atoms with E-state index in [9.17, 15) is 9.59 Å². The summed E-state index contributed by atoms with van der Waals surface area (Å²) in [4.78, 5) is 37.4. The summed E-state index contributed by atoms with van der Waals surface area (Å²) in [6.07, 6.45) is -0.349. The largest absolute Gasteiger partial charge is 0.493 e. The van der Waals surface area contributed by atoms with Crippen LogP contribution in [0.25, 0.3) is 10.9 Å². The first-order chi connectivity index (χ1) is 17.5. The van der Waals surface area contributed by atoms with E-state index < -0.39 is 6.09 Å². The van der Waals surface area contributed by atoms with E-state index in [0.29, 0.717) is 60.3 Å². The molecule has 2 heterocycles. The molecule has 1 aliphatic rings. The molecule has 37 heavy (non-hydrogen) atoms. The number of fused-ring (bicyclic) bond motifs is 1. The number of hydrogen-bond acceptors (Lipinski definition) is 9. The highest BCUT2D eigenvalue weighted by Gasteiger charge is 2.23. The number of alkyl carbamates (subject to hydrolysis) is 1. The molecule has 0 atom stereocenters. The standard InChI is InChI=1S/C25H30N6O5.ClH/c1-34-20-14-18-19(15-21(20)35-2)28-24(29-23(18)26)31-12-10-30(11-13-31)22(32)8-9-27-25(33)36-16-17-6-4-3-5-7-17;/h3-7,14-15H,8-13,16H2,1-2H3,(H,27,33)(H2,26,28,29);1H. The SMILES string of the molecule is COc1cc2nc(N3CCN(C(=O)CCNC(=O)OCc4ccccc4)CC3)nc(N)c2cc1OC.Cl. The summed E-state index contributed by atoms with van der Waals surface area (Å²) in [5, 5.41) is 3.31. The molecule has 0 radical (unpaired) electrons. The van der Waals surface area contributed by atoms with E-state index in [0.717, 1.165) is 5.56 Å². The number of amides is 2. The fraction of sp³-hybridized carbons (Fsp3) is 0.360. The Hall–Kier alpha value is -3.99. The average molecular weight is 531 g/mol. The minimum atomic E-state index is -0.545. The zero-order chi connectivity index (χ0) is 25.5. The molecular weight excluding hydrogens is 500 g/mol. The minimum absolute atomic E-state index is 0. The number of nitrogen functional groups attached to an aromatic ring is 1. The zero-order valence-electron chi connectivity index (χ0n) is 20.8. The molecule has 4 rings (SSSR count). The number of anilines is 2. The molecule has 1 aromatic heterocycles. The predicted octanol–water partition coefficient (Wildman–Crippen LogP) is 2.62. The van der Waals surface area contributed by atoms with E-state index in [2.05, 4.69) is 15.3 Å². The number of ether oxygens (including phenoxy) is 3. The van der Waals surface area contributed by atoms with Crippen molar-refractivity contribution in [1.82, 2.24) is 20.2 Å². The molecule has 3 N–H and O–H groups in total. The van der Waals surface area contributed by atoms with Gasteiger partial charge in [0.05, 0.1) is 19.7 Å². The monoisotopic (exact) mass is 530 g/mol. The second-order valence-corrected chi connectivity index (χ2v) is 8.24. The number of rotatable bonds is 8. The molecule has 3 aromatic rings. The Labute approximate surface area is 221 Å². The van der Waals surface area contributed by atoms with Gasteiger partial charge >= 0.3 is 6.09 Å². The van der Waals surface area contributed by atoms with Gasteiger partial charge in [-0.3, -0.25) is 4.79 Å². The summed E-state index contributed by atoms with van der Waals surface area (Å²) in [6.45, 7) is 2.56. The van der Waals surface area contributed by atoms with E-state index in [-0.39, 0.29) is 37.9 Å². The normalized spacial score (nSPS) is 13.0. The van der Waals surface area contributed by atoms with Gasteiger partial charge in [-0.05, 0) is 11.6 Å². The van der Waals surface area contributed by atoms with Crippen LogP contribution in [0.15, 0.2) is 42.5 Å². The molecule has 11 nitrogen and oxygen atoms in total. The highest BCUT2D eigenvalue weighted by Crippen LogP contribution is 2.34. The second kappa shape index (κ2) is 12.8. The Balaban J connectivity index is 0.00000380. The lowest BCUT2D eigenvalue weighted by molar-refractivity contribution is -0.131. The average Bonchev–Trinajstić information content (AvgIpc) is 2.91. The van der Waals surface area contributed by atoms with Gasteiger partial charge < -0.3 is 35.1 Å². The van der Waals surface area contributed by atoms with Crippen LogP contribution in [-0.2, 0) is 16.1 Å². The number of carbonyl (C=O) groups is 2. The maximum absolute atomic E-state index is 12.6. The van der Waals surface area contributed by atoms with E-state index >= 15 is 0 Å². The quantitative estimate of drug-likeness (QED) is 0.451. The van der Waals surface area contributed by atoms with Gasteiger partial charge in [-0.15, -0.1) is 12.4 Å². The topological polar surface area (TPSA) is 132 Å². The fourth-order valence-electron chi connectivity index (χ4n) is 3.97. The van der Waals surface area contributed by atoms with Gasteiger partial charge in [0, 0.05) is 50.6 Å². The highest BCUT2D eigenvalue weighted by molar-refractivity contribution is 5.91. The molecule has 0 bridgehead atoms. The zero-order valence-corrected chi connectivity index (χ0v) is 21.6. The minimum Gasteiger partial charge on any atom is -0.493 e. The fourth-order valence-corrected chi connectivity index (χ4v) is 3.97. The first-order valence-corrected chi connectivity index (χ1v) is 11.6. The maximum Gasteiger partial charge on any atom is 0.407 e. The number of nitrogens with one attached hydrogen (secondary N) is 1.